The van der Waals surface area contributed by atoms with E-state index in [1.165, 1.54) is 11.8 Å². The van der Waals surface area contributed by atoms with E-state index in [4.69, 9.17) is 0 Å². The van der Waals surface area contributed by atoms with Gasteiger partial charge in [0.05, 0.1) is 12.4 Å². The van der Waals surface area contributed by atoms with Gasteiger partial charge in [-0.05, 0) is 37.7 Å². The first-order valence-electron chi connectivity index (χ1n) is 8.07. The molecule has 0 aliphatic heterocycles. The van der Waals surface area contributed by atoms with Crippen molar-refractivity contribution in [3.63, 3.8) is 0 Å². The highest BCUT2D eigenvalue weighted by molar-refractivity contribution is 6.02. The van der Waals surface area contributed by atoms with Crippen LogP contribution in [0.3, 0.4) is 0 Å². The summed E-state index contributed by atoms with van der Waals surface area (Å²) in [5.74, 6) is 0.863. The molecular formula is C18H25N5O. The number of benzene rings is 1. The van der Waals surface area contributed by atoms with E-state index in [1.807, 2.05) is 38.4 Å². The summed E-state index contributed by atoms with van der Waals surface area (Å²) in [5.41, 5.74) is 2.28. The van der Waals surface area contributed by atoms with Crippen LogP contribution in [0.2, 0.25) is 0 Å². The molecule has 1 heterocycles. The molecule has 24 heavy (non-hydrogen) atoms. The van der Waals surface area contributed by atoms with Crippen molar-refractivity contribution in [2.75, 3.05) is 37.8 Å². The number of hydrogen-bond donors (Lipinski definition) is 2. The lowest BCUT2D eigenvalue weighted by Gasteiger charge is -2.11. The molecule has 2 N–H and O–H groups in total. The highest BCUT2D eigenvalue weighted by atomic mass is 16.1. The van der Waals surface area contributed by atoms with Gasteiger partial charge in [0.2, 0.25) is 0 Å². The molecule has 0 fully saturated rings. The predicted molar refractivity (Wildman–Crippen MR) is 97.6 cm³/mol. The van der Waals surface area contributed by atoms with Gasteiger partial charge in [-0.25, -0.2) is 9.97 Å². The van der Waals surface area contributed by atoms with Gasteiger partial charge in [-0.15, -0.1) is 0 Å². The van der Waals surface area contributed by atoms with Crippen molar-refractivity contribution >= 4 is 17.4 Å². The van der Waals surface area contributed by atoms with E-state index in [-0.39, 0.29) is 5.91 Å². The van der Waals surface area contributed by atoms with Gasteiger partial charge in [-0.3, -0.25) is 4.79 Å². The minimum absolute atomic E-state index is 0.264. The highest BCUT2D eigenvalue weighted by Gasteiger charge is 2.09. The first-order valence-corrected chi connectivity index (χ1v) is 8.07. The molecular weight excluding hydrogens is 302 g/mol. The molecule has 2 rings (SSSR count). The van der Waals surface area contributed by atoms with Gasteiger partial charge in [-0.2, -0.15) is 0 Å². The summed E-state index contributed by atoms with van der Waals surface area (Å²) in [5, 5.41) is 6.00. The van der Waals surface area contributed by atoms with Crippen molar-refractivity contribution in [1.29, 1.82) is 0 Å². The third-order valence-corrected chi connectivity index (χ3v) is 3.58. The SMILES string of the molecule is CC(C)c1ccc(NC(=O)c2cnc(NCCN(C)C)cn2)cc1. The fourth-order valence-corrected chi connectivity index (χ4v) is 2.09. The fraction of sp³-hybridized carbons (Fsp3) is 0.389. The maximum atomic E-state index is 12.2. The summed E-state index contributed by atoms with van der Waals surface area (Å²) in [6.07, 6.45) is 3.06. The summed E-state index contributed by atoms with van der Waals surface area (Å²) in [4.78, 5) is 22.7. The second kappa shape index (κ2) is 8.40. The van der Waals surface area contributed by atoms with Gasteiger partial charge in [0.15, 0.2) is 0 Å². The number of aromatic nitrogens is 2. The topological polar surface area (TPSA) is 70.2 Å². The van der Waals surface area contributed by atoms with Crippen LogP contribution >= 0.6 is 0 Å². The van der Waals surface area contributed by atoms with Crippen molar-refractivity contribution in [1.82, 2.24) is 14.9 Å². The Kier molecular flexibility index (Phi) is 6.26. The van der Waals surface area contributed by atoms with Gasteiger partial charge in [0, 0.05) is 18.8 Å². The van der Waals surface area contributed by atoms with Gasteiger partial charge in [0.25, 0.3) is 5.91 Å². The highest BCUT2D eigenvalue weighted by Crippen LogP contribution is 2.17. The van der Waals surface area contributed by atoms with E-state index >= 15 is 0 Å². The Hall–Kier alpha value is -2.47. The summed E-state index contributed by atoms with van der Waals surface area (Å²) < 4.78 is 0. The maximum absolute atomic E-state index is 12.2. The molecule has 1 aromatic carbocycles. The Bertz CT molecular complexity index is 650. The molecule has 0 bridgehead atoms. The Labute approximate surface area is 143 Å². The Morgan fingerprint density at radius 2 is 1.83 bits per heavy atom. The molecule has 0 saturated heterocycles. The molecule has 6 heteroatoms. The van der Waals surface area contributed by atoms with Gasteiger partial charge < -0.3 is 15.5 Å². The van der Waals surface area contributed by atoms with Crippen molar-refractivity contribution in [2.24, 2.45) is 0 Å². The monoisotopic (exact) mass is 327 g/mol. The zero-order chi connectivity index (χ0) is 17.5. The predicted octanol–water partition coefficient (Wildman–Crippen LogP) is 2.83. The van der Waals surface area contributed by atoms with E-state index in [1.54, 1.807) is 6.20 Å². The number of amides is 1. The molecule has 0 unspecified atom stereocenters. The van der Waals surface area contributed by atoms with Gasteiger partial charge >= 0.3 is 0 Å². The van der Waals surface area contributed by atoms with Crippen LogP contribution in [0.5, 0.6) is 0 Å². The average Bonchev–Trinajstić information content (AvgIpc) is 2.55. The van der Waals surface area contributed by atoms with E-state index in [9.17, 15) is 4.79 Å². The molecule has 0 aliphatic carbocycles. The molecule has 0 saturated carbocycles. The Morgan fingerprint density at radius 1 is 1.12 bits per heavy atom. The molecule has 1 amide bonds. The lowest BCUT2D eigenvalue weighted by molar-refractivity contribution is 0.102. The van der Waals surface area contributed by atoms with Gasteiger partial charge in [0.1, 0.15) is 11.5 Å². The summed E-state index contributed by atoms with van der Waals surface area (Å²) in [6.45, 7) is 5.94. The van der Waals surface area contributed by atoms with E-state index in [0.717, 1.165) is 18.8 Å². The molecule has 0 radical (unpaired) electrons. The molecule has 6 nitrogen and oxygen atoms in total. The quantitative estimate of drug-likeness (QED) is 0.818. The molecule has 0 aliphatic rings. The first kappa shape index (κ1) is 17.9. The largest absolute Gasteiger partial charge is 0.368 e. The maximum Gasteiger partial charge on any atom is 0.275 e. The number of likely N-dealkylation sites (N-methyl/N-ethyl adjacent to an activating group) is 1. The number of hydrogen-bond acceptors (Lipinski definition) is 5. The molecule has 2 aromatic rings. The van der Waals surface area contributed by atoms with Crippen molar-refractivity contribution in [3.8, 4) is 0 Å². The molecule has 0 spiro atoms. The second-order valence-corrected chi connectivity index (χ2v) is 6.25. The van der Waals surface area contributed by atoms with Crippen LogP contribution in [-0.2, 0) is 0 Å². The van der Waals surface area contributed by atoms with Crippen LogP contribution in [-0.4, -0.2) is 48.0 Å². The molecule has 128 valence electrons. The standard InChI is InChI=1S/C18H25N5O/c1-13(2)14-5-7-15(8-6-14)22-18(24)16-11-21-17(12-20-16)19-9-10-23(3)4/h5-8,11-13H,9-10H2,1-4H3,(H,19,21)(H,22,24). The second-order valence-electron chi connectivity index (χ2n) is 6.25. The number of anilines is 2. The summed E-state index contributed by atoms with van der Waals surface area (Å²) >= 11 is 0. The number of nitrogens with zero attached hydrogens (tertiary/aromatic N) is 3. The van der Waals surface area contributed by atoms with Crippen LogP contribution in [0.4, 0.5) is 11.5 Å². The normalized spacial score (nSPS) is 10.9. The lowest BCUT2D eigenvalue weighted by Crippen LogP contribution is -2.21. The zero-order valence-corrected chi connectivity index (χ0v) is 14.7. The number of nitrogens with one attached hydrogen (secondary N) is 2. The first-order chi connectivity index (χ1) is 11.5. The minimum atomic E-state index is -0.264. The summed E-state index contributed by atoms with van der Waals surface area (Å²) in [7, 11) is 4.02. The van der Waals surface area contributed by atoms with E-state index < -0.39 is 0 Å². The molecule has 0 atom stereocenters. The van der Waals surface area contributed by atoms with Gasteiger partial charge in [-0.1, -0.05) is 26.0 Å². The van der Waals surface area contributed by atoms with Crippen LogP contribution in [0.25, 0.3) is 0 Å². The zero-order valence-electron chi connectivity index (χ0n) is 14.7. The summed E-state index contributed by atoms with van der Waals surface area (Å²) in [6, 6.07) is 7.84. The van der Waals surface area contributed by atoms with E-state index in [2.05, 4.69) is 39.3 Å². The minimum Gasteiger partial charge on any atom is -0.368 e. The van der Waals surface area contributed by atoms with Crippen molar-refractivity contribution < 1.29 is 4.79 Å². The van der Waals surface area contributed by atoms with Crippen LogP contribution in [0.15, 0.2) is 36.7 Å². The van der Waals surface area contributed by atoms with Crippen LogP contribution in [0, 0.1) is 0 Å². The van der Waals surface area contributed by atoms with Crippen LogP contribution in [0.1, 0.15) is 35.8 Å². The Morgan fingerprint density at radius 3 is 2.38 bits per heavy atom. The Balaban J connectivity index is 1.92. The number of carbonyl (C=O) groups is 1. The third kappa shape index (κ3) is 5.31. The fourth-order valence-electron chi connectivity index (χ4n) is 2.09. The third-order valence-electron chi connectivity index (χ3n) is 3.58. The number of carbonyl (C=O) groups excluding carboxylic acids is 1. The van der Waals surface area contributed by atoms with Crippen molar-refractivity contribution in [2.45, 2.75) is 19.8 Å². The lowest BCUT2D eigenvalue weighted by atomic mass is 10.0. The van der Waals surface area contributed by atoms with E-state index in [0.29, 0.717) is 17.4 Å². The van der Waals surface area contributed by atoms with Crippen molar-refractivity contribution in [3.05, 3.63) is 47.9 Å². The smallest absolute Gasteiger partial charge is 0.275 e. The number of rotatable bonds is 7. The molecule has 1 aromatic heterocycles. The average molecular weight is 327 g/mol. The van der Waals surface area contributed by atoms with Crippen LogP contribution < -0.4 is 10.6 Å².